The number of aromatic nitrogens is 3. The van der Waals surface area contributed by atoms with Gasteiger partial charge in [-0.05, 0) is 42.0 Å². The lowest BCUT2D eigenvalue weighted by molar-refractivity contribution is -0.132. The van der Waals surface area contributed by atoms with Crippen LogP contribution in [0, 0.1) is 0 Å². The Kier molecular flexibility index (Phi) is 4.62. The average Bonchev–Trinajstić information content (AvgIpc) is 3.16. The fourth-order valence-electron chi connectivity index (χ4n) is 3.31. The van der Waals surface area contributed by atoms with Crippen molar-refractivity contribution in [2.24, 2.45) is 0 Å². The quantitative estimate of drug-likeness (QED) is 0.809. The van der Waals surface area contributed by atoms with Crippen molar-refractivity contribution in [2.75, 3.05) is 11.5 Å². The SMILES string of the molecule is O=C1NC2(CCSCC2)C(=O)N1Cc1cn(Cc2ccc(Cl)cc2)nn1. The highest BCUT2D eigenvalue weighted by molar-refractivity contribution is 7.99. The van der Waals surface area contributed by atoms with Gasteiger partial charge >= 0.3 is 6.03 Å². The molecule has 2 saturated heterocycles. The molecule has 3 heterocycles. The number of hydrogen-bond acceptors (Lipinski definition) is 5. The zero-order chi connectivity index (χ0) is 18.1. The number of halogens is 1. The summed E-state index contributed by atoms with van der Waals surface area (Å²) in [4.78, 5) is 26.4. The van der Waals surface area contributed by atoms with Crippen LogP contribution >= 0.6 is 23.4 Å². The van der Waals surface area contributed by atoms with Gasteiger partial charge in [-0.3, -0.25) is 9.69 Å². The van der Waals surface area contributed by atoms with E-state index in [1.54, 1.807) is 10.9 Å². The Hall–Kier alpha value is -2.06. The molecule has 26 heavy (non-hydrogen) atoms. The maximum Gasteiger partial charge on any atom is 0.325 e. The van der Waals surface area contributed by atoms with Crippen molar-refractivity contribution in [3.05, 3.63) is 46.7 Å². The zero-order valence-corrected chi connectivity index (χ0v) is 15.6. The molecule has 7 nitrogen and oxygen atoms in total. The third-order valence-electron chi connectivity index (χ3n) is 4.76. The Bertz CT molecular complexity index is 832. The van der Waals surface area contributed by atoms with Crippen LogP contribution in [-0.2, 0) is 17.9 Å². The molecule has 2 aromatic rings. The summed E-state index contributed by atoms with van der Waals surface area (Å²) in [6.07, 6.45) is 3.13. The number of imide groups is 1. The Morgan fingerprint density at radius 1 is 1.15 bits per heavy atom. The number of amides is 3. The van der Waals surface area contributed by atoms with Crippen molar-refractivity contribution in [2.45, 2.75) is 31.5 Å². The summed E-state index contributed by atoms with van der Waals surface area (Å²) in [5, 5.41) is 11.8. The van der Waals surface area contributed by atoms with Crippen LogP contribution in [-0.4, -0.2) is 48.9 Å². The molecule has 1 aromatic heterocycles. The standard InChI is InChI=1S/C17H18ClN5O2S/c18-13-3-1-12(2-4-13)9-22-10-14(20-21-22)11-23-15(24)17(19-16(23)25)5-7-26-8-6-17/h1-4,10H,5-9,11H2,(H,19,25). The van der Waals surface area contributed by atoms with Crippen molar-refractivity contribution in [1.82, 2.24) is 25.2 Å². The van der Waals surface area contributed by atoms with E-state index in [4.69, 9.17) is 11.6 Å². The van der Waals surface area contributed by atoms with E-state index in [1.807, 2.05) is 36.0 Å². The number of nitrogens with zero attached hydrogens (tertiary/aromatic N) is 4. The highest BCUT2D eigenvalue weighted by atomic mass is 35.5. The fourth-order valence-corrected chi connectivity index (χ4v) is 4.62. The molecule has 1 spiro atoms. The molecule has 9 heteroatoms. The van der Waals surface area contributed by atoms with E-state index in [2.05, 4.69) is 15.6 Å². The molecular weight excluding hydrogens is 374 g/mol. The summed E-state index contributed by atoms with van der Waals surface area (Å²) in [6.45, 7) is 0.686. The van der Waals surface area contributed by atoms with Gasteiger partial charge in [-0.25, -0.2) is 9.48 Å². The number of hydrogen-bond donors (Lipinski definition) is 1. The smallest absolute Gasteiger partial charge is 0.323 e. The van der Waals surface area contributed by atoms with E-state index in [-0.39, 0.29) is 18.5 Å². The summed E-state index contributed by atoms with van der Waals surface area (Å²) in [6, 6.07) is 7.15. The molecule has 2 aliphatic heterocycles. The van der Waals surface area contributed by atoms with Gasteiger partial charge in [0.25, 0.3) is 5.91 Å². The van der Waals surface area contributed by atoms with Crippen LogP contribution in [0.2, 0.25) is 5.02 Å². The third kappa shape index (κ3) is 3.31. The molecule has 0 atom stereocenters. The number of carbonyl (C=O) groups excluding carboxylic acids is 2. The molecule has 4 rings (SSSR count). The topological polar surface area (TPSA) is 80.1 Å². The fraction of sp³-hybridized carbons (Fsp3) is 0.412. The Balaban J connectivity index is 1.44. The third-order valence-corrected chi connectivity index (χ3v) is 5.99. The Morgan fingerprint density at radius 3 is 2.62 bits per heavy atom. The van der Waals surface area contributed by atoms with E-state index in [0.717, 1.165) is 17.1 Å². The summed E-state index contributed by atoms with van der Waals surface area (Å²) in [5.41, 5.74) is 0.908. The summed E-state index contributed by atoms with van der Waals surface area (Å²) < 4.78 is 1.68. The Labute approximate surface area is 160 Å². The molecule has 3 amide bonds. The van der Waals surface area contributed by atoms with E-state index >= 15 is 0 Å². The lowest BCUT2D eigenvalue weighted by Crippen LogP contribution is -2.49. The van der Waals surface area contributed by atoms with Crippen molar-refractivity contribution in [3.8, 4) is 0 Å². The summed E-state index contributed by atoms with van der Waals surface area (Å²) in [5.74, 6) is 1.63. The largest absolute Gasteiger partial charge is 0.325 e. The number of rotatable bonds is 4. The first-order valence-electron chi connectivity index (χ1n) is 8.41. The number of thioether (sulfide) groups is 1. The summed E-state index contributed by atoms with van der Waals surface area (Å²) in [7, 11) is 0. The molecule has 0 saturated carbocycles. The normalized spacial score (nSPS) is 19.2. The molecule has 0 radical (unpaired) electrons. The molecule has 136 valence electrons. The van der Waals surface area contributed by atoms with Crippen molar-refractivity contribution in [1.29, 1.82) is 0 Å². The Morgan fingerprint density at radius 2 is 1.88 bits per heavy atom. The average molecular weight is 392 g/mol. The molecule has 2 fully saturated rings. The summed E-state index contributed by atoms with van der Waals surface area (Å²) >= 11 is 7.70. The van der Waals surface area contributed by atoms with Gasteiger partial charge in [0.15, 0.2) is 0 Å². The van der Waals surface area contributed by atoms with Gasteiger partial charge in [0, 0.05) is 5.02 Å². The predicted molar refractivity (Wildman–Crippen MR) is 98.9 cm³/mol. The second-order valence-electron chi connectivity index (χ2n) is 6.55. The van der Waals surface area contributed by atoms with Crippen LogP contribution in [0.15, 0.2) is 30.5 Å². The molecular formula is C17H18ClN5O2S. The number of carbonyl (C=O) groups is 2. The van der Waals surface area contributed by atoms with Gasteiger partial charge in [-0.15, -0.1) is 5.10 Å². The highest BCUT2D eigenvalue weighted by Gasteiger charge is 2.51. The molecule has 2 aliphatic rings. The van der Waals surface area contributed by atoms with Gasteiger partial charge in [0.05, 0.1) is 19.3 Å². The first kappa shape index (κ1) is 17.4. The lowest BCUT2D eigenvalue weighted by atomic mass is 9.92. The van der Waals surface area contributed by atoms with Gasteiger partial charge in [0.2, 0.25) is 0 Å². The number of nitrogens with one attached hydrogen (secondary N) is 1. The second kappa shape index (κ2) is 6.92. The molecule has 0 bridgehead atoms. The van der Waals surface area contributed by atoms with Crippen LogP contribution in [0.25, 0.3) is 0 Å². The van der Waals surface area contributed by atoms with Gasteiger partial charge in [-0.1, -0.05) is 28.9 Å². The van der Waals surface area contributed by atoms with Crippen molar-refractivity contribution < 1.29 is 9.59 Å². The van der Waals surface area contributed by atoms with Crippen molar-refractivity contribution >= 4 is 35.3 Å². The minimum atomic E-state index is -0.721. The van der Waals surface area contributed by atoms with E-state index in [1.165, 1.54) is 4.90 Å². The zero-order valence-electron chi connectivity index (χ0n) is 14.0. The molecule has 1 N–H and O–H groups in total. The van der Waals surface area contributed by atoms with Crippen LogP contribution in [0.3, 0.4) is 0 Å². The maximum atomic E-state index is 12.8. The van der Waals surface area contributed by atoms with Crippen LogP contribution in [0.1, 0.15) is 24.1 Å². The number of benzene rings is 1. The molecule has 0 unspecified atom stereocenters. The van der Waals surface area contributed by atoms with Gasteiger partial charge in [-0.2, -0.15) is 11.8 Å². The monoisotopic (exact) mass is 391 g/mol. The van der Waals surface area contributed by atoms with E-state index in [0.29, 0.717) is 30.1 Å². The molecule has 1 aromatic carbocycles. The highest BCUT2D eigenvalue weighted by Crippen LogP contribution is 2.33. The van der Waals surface area contributed by atoms with Crippen LogP contribution in [0.5, 0.6) is 0 Å². The maximum absolute atomic E-state index is 12.8. The van der Waals surface area contributed by atoms with Crippen LogP contribution in [0.4, 0.5) is 4.79 Å². The minimum absolute atomic E-state index is 0.139. The number of urea groups is 1. The first-order chi connectivity index (χ1) is 12.6. The van der Waals surface area contributed by atoms with E-state index in [9.17, 15) is 9.59 Å². The molecule has 0 aliphatic carbocycles. The van der Waals surface area contributed by atoms with E-state index < -0.39 is 5.54 Å². The first-order valence-corrected chi connectivity index (χ1v) is 9.94. The lowest BCUT2D eigenvalue weighted by Gasteiger charge is -2.30. The van der Waals surface area contributed by atoms with Gasteiger partial charge < -0.3 is 5.32 Å². The second-order valence-corrected chi connectivity index (χ2v) is 8.21. The minimum Gasteiger partial charge on any atom is -0.323 e. The van der Waals surface area contributed by atoms with Crippen molar-refractivity contribution in [3.63, 3.8) is 0 Å². The predicted octanol–water partition coefficient (Wildman–Crippen LogP) is 2.30. The van der Waals surface area contributed by atoms with Crippen LogP contribution < -0.4 is 5.32 Å². The van der Waals surface area contributed by atoms with Gasteiger partial charge in [0.1, 0.15) is 11.2 Å².